The van der Waals surface area contributed by atoms with Gasteiger partial charge in [-0.15, -0.1) is 0 Å². The van der Waals surface area contributed by atoms with Crippen molar-refractivity contribution < 1.29 is 9.18 Å². The molecule has 0 bridgehead atoms. The van der Waals surface area contributed by atoms with Crippen molar-refractivity contribution >= 4 is 5.91 Å². The fourth-order valence-corrected chi connectivity index (χ4v) is 1.68. The Hall–Kier alpha value is -1.42. The van der Waals surface area contributed by atoms with Gasteiger partial charge in [-0.25, -0.2) is 4.39 Å². The van der Waals surface area contributed by atoms with Crippen molar-refractivity contribution in [3.63, 3.8) is 0 Å². The molecule has 2 N–H and O–H groups in total. The van der Waals surface area contributed by atoms with E-state index < -0.39 is 0 Å². The number of carbonyl (C=O) groups is 1. The maximum absolute atomic E-state index is 13.5. The standard InChI is InChI=1S/C13H19FN2O/c1-2-9-16(13(17)7-8-15)10-11-5-3-4-6-12(11)14/h3-6H,2,7-10,15H2,1H3. The van der Waals surface area contributed by atoms with Gasteiger partial charge >= 0.3 is 0 Å². The fourth-order valence-electron chi connectivity index (χ4n) is 1.68. The molecule has 0 radical (unpaired) electrons. The van der Waals surface area contributed by atoms with Gasteiger partial charge in [0.2, 0.25) is 5.91 Å². The summed E-state index contributed by atoms with van der Waals surface area (Å²) in [5.41, 5.74) is 5.91. The molecule has 0 fully saturated rings. The zero-order chi connectivity index (χ0) is 12.7. The van der Waals surface area contributed by atoms with E-state index in [-0.39, 0.29) is 11.7 Å². The van der Waals surface area contributed by atoms with Crippen LogP contribution >= 0.6 is 0 Å². The lowest BCUT2D eigenvalue weighted by Crippen LogP contribution is -2.32. The Morgan fingerprint density at radius 2 is 2.12 bits per heavy atom. The summed E-state index contributed by atoms with van der Waals surface area (Å²) >= 11 is 0. The third-order valence-electron chi connectivity index (χ3n) is 2.52. The molecule has 0 aromatic heterocycles. The van der Waals surface area contributed by atoms with Crippen molar-refractivity contribution in [1.82, 2.24) is 4.90 Å². The SMILES string of the molecule is CCCN(Cc1ccccc1F)C(=O)CCN. The molecule has 1 aromatic rings. The van der Waals surface area contributed by atoms with Crippen LogP contribution in [0, 0.1) is 5.82 Å². The second kappa shape index (κ2) is 7.01. The first-order valence-corrected chi connectivity index (χ1v) is 5.90. The van der Waals surface area contributed by atoms with Crippen molar-refractivity contribution in [3.05, 3.63) is 35.6 Å². The van der Waals surface area contributed by atoms with Crippen LogP contribution < -0.4 is 5.73 Å². The predicted molar refractivity (Wildman–Crippen MR) is 65.8 cm³/mol. The van der Waals surface area contributed by atoms with E-state index in [1.54, 1.807) is 23.1 Å². The first-order chi connectivity index (χ1) is 8.19. The number of halogens is 1. The minimum absolute atomic E-state index is 0.0161. The van der Waals surface area contributed by atoms with Gasteiger partial charge in [-0.3, -0.25) is 4.79 Å². The van der Waals surface area contributed by atoms with Crippen LogP contribution in [0.1, 0.15) is 25.3 Å². The number of hydrogen-bond donors (Lipinski definition) is 1. The van der Waals surface area contributed by atoms with E-state index in [1.165, 1.54) is 6.07 Å². The van der Waals surface area contributed by atoms with E-state index in [0.29, 0.717) is 31.6 Å². The Kier molecular flexibility index (Phi) is 5.63. The summed E-state index contributed by atoms with van der Waals surface area (Å²) in [5.74, 6) is -0.285. The van der Waals surface area contributed by atoms with Crippen molar-refractivity contribution in [2.24, 2.45) is 5.73 Å². The number of benzene rings is 1. The first kappa shape index (κ1) is 13.6. The molecule has 94 valence electrons. The molecule has 1 rings (SSSR count). The van der Waals surface area contributed by atoms with E-state index in [2.05, 4.69) is 0 Å². The van der Waals surface area contributed by atoms with Crippen LogP contribution in [-0.4, -0.2) is 23.9 Å². The number of hydrogen-bond acceptors (Lipinski definition) is 2. The van der Waals surface area contributed by atoms with Crippen molar-refractivity contribution in [3.8, 4) is 0 Å². The minimum atomic E-state index is -0.269. The summed E-state index contributed by atoms with van der Waals surface area (Å²) < 4.78 is 13.5. The van der Waals surface area contributed by atoms with Gasteiger partial charge in [0.1, 0.15) is 5.82 Å². The molecule has 0 spiro atoms. The van der Waals surface area contributed by atoms with E-state index in [9.17, 15) is 9.18 Å². The Morgan fingerprint density at radius 1 is 1.41 bits per heavy atom. The molecular formula is C13H19FN2O. The summed E-state index contributed by atoms with van der Waals surface area (Å²) in [6.07, 6.45) is 1.17. The Balaban J connectivity index is 2.73. The molecule has 0 saturated heterocycles. The predicted octanol–water partition coefficient (Wildman–Crippen LogP) is 1.91. The third-order valence-corrected chi connectivity index (χ3v) is 2.52. The van der Waals surface area contributed by atoms with E-state index in [4.69, 9.17) is 5.73 Å². The van der Waals surface area contributed by atoms with Gasteiger partial charge < -0.3 is 10.6 Å². The van der Waals surface area contributed by atoms with Gasteiger partial charge in [-0.05, 0) is 12.5 Å². The molecule has 4 heteroatoms. The van der Waals surface area contributed by atoms with E-state index >= 15 is 0 Å². The molecule has 3 nitrogen and oxygen atoms in total. The van der Waals surface area contributed by atoms with Gasteiger partial charge in [0.05, 0.1) is 0 Å². The molecule has 1 aromatic carbocycles. The van der Waals surface area contributed by atoms with Gasteiger partial charge in [-0.1, -0.05) is 25.1 Å². The molecule has 0 aliphatic heterocycles. The maximum atomic E-state index is 13.5. The van der Waals surface area contributed by atoms with Gasteiger partial charge in [0.15, 0.2) is 0 Å². The number of rotatable bonds is 6. The maximum Gasteiger partial charge on any atom is 0.224 e. The molecule has 0 atom stereocenters. The molecule has 0 saturated carbocycles. The Bertz CT molecular complexity index is 368. The summed E-state index contributed by atoms with van der Waals surface area (Å²) in [6, 6.07) is 6.53. The number of nitrogens with zero attached hydrogens (tertiary/aromatic N) is 1. The monoisotopic (exact) mass is 238 g/mol. The lowest BCUT2D eigenvalue weighted by Gasteiger charge is -2.22. The molecule has 0 aliphatic carbocycles. The Morgan fingerprint density at radius 3 is 2.71 bits per heavy atom. The molecule has 17 heavy (non-hydrogen) atoms. The average molecular weight is 238 g/mol. The van der Waals surface area contributed by atoms with Gasteiger partial charge in [-0.2, -0.15) is 0 Å². The number of nitrogens with two attached hydrogens (primary N) is 1. The molecule has 0 heterocycles. The lowest BCUT2D eigenvalue weighted by molar-refractivity contribution is -0.131. The molecule has 1 amide bonds. The highest BCUT2D eigenvalue weighted by atomic mass is 19.1. The van der Waals surface area contributed by atoms with Crippen LogP contribution in [0.4, 0.5) is 4.39 Å². The topological polar surface area (TPSA) is 46.3 Å². The van der Waals surface area contributed by atoms with Gasteiger partial charge in [0.25, 0.3) is 0 Å². The number of carbonyl (C=O) groups excluding carboxylic acids is 1. The number of amides is 1. The van der Waals surface area contributed by atoms with Crippen LogP contribution in [-0.2, 0) is 11.3 Å². The summed E-state index contributed by atoms with van der Waals surface area (Å²) in [4.78, 5) is 13.4. The quantitative estimate of drug-likeness (QED) is 0.823. The smallest absolute Gasteiger partial charge is 0.224 e. The summed E-state index contributed by atoms with van der Waals surface area (Å²) in [7, 11) is 0. The van der Waals surface area contributed by atoms with Crippen molar-refractivity contribution in [2.75, 3.05) is 13.1 Å². The highest BCUT2D eigenvalue weighted by molar-refractivity contribution is 5.76. The Labute approximate surface area is 101 Å². The minimum Gasteiger partial charge on any atom is -0.338 e. The van der Waals surface area contributed by atoms with Crippen LogP contribution in [0.25, 0.3) is 0 Å². The largest absolute Gasteiger partial charge is 0.338 e. The van der Waals surface area contributed by atoms with Gasteiger partial charge in [0, 0.05) is 31.6 Å². The highest BCUT2D eigenvalue weighted by Crippen LogP contribution is 2.11. The summed E-state index contributed by atoms with van der Waals surface area (Å²) in [6.45, 7) is 3.27. The van der Waals surface area contributed by atoms with Crippen LogP contribution in [0.3, 0.4) is 0 Å². The van der Waals surface area contributed by atoms with Crippen molar-refractivity contribution in [2.45, 2.75) is 26.3 Å². The molecule has 0 unspecified atom stereocenters. The van der Waals surface area contributed by atoms with Crippen LogP contribution in [0.5, 0.6) is 0 Å². The van der Waals surface area contributed by atoms with Crippen LogP contribution in [0.2, 0.25) is 0 Å². The highest BCUT2D eigenvalue weighted by Gasteiger charge is 2.13. The normalized spacial score (nSPS) is 10.3. The molecule has 0 aliphatic rings. The summed E-state index contributed by atoms with van der Waals surface area (Å²) in [5, 5.41) is 0. The second-order valence-electron chi connectivity index (χ2n) is 3.95. The van der Waals surface area contributed by atoms with E-state index in [0.717, 1.165) is 6.42 Å². The van der Waals surface area contributed by atoms with E-state index in [1.807, 2.05) is 6.92 Å². The second-order valence-corrected chi connectivity index (χ2v) is 3.95. The lowest BCUT2D eigenvalue weighted by atomic mass is 10.2. The first-order valence-electron chi connectivity index (χ1n) is 5.90. The zero-order valence-electron chi connectivity index (χ0n) is 10.2. The third kappa shape index (κ3) is 4.15. The average Bonchev–Trinajstić information content (AvgIpc) is 2.31. The molecular weight excluding hydrogens is 219 g/mol. The fraction of sp³-hybridized carbons (Fsp3) is 0.462. The van der Waals surface area contributed by atoms with Crippen molar-refractivity contribution in [1.29, 1.82) is 0 Å². The zero-order valence-corrected chi connectivity index (χ0v) is 10.2. The van der Waals surface area contributed by atoms with Crippen LogP contribution in [0.15, 0.2) is 24.3 Å².